The Balaban J connectivity index is 0.878. The Labute approximate surface area is 488 Å². The Morgan fingerprint density at radius 2 is 0.607 bits per heavy atom. The van der Waals surface area contributed by atoms with Gasteiger partial charge in [-0.1, -0.05) is 261 Å². The van der Waals surface area contributed by atoms with E-state index in [1.165, 1.54) is 66.8 Å². The summed E-state index contributed by atoms with van der Waals surface area (Å²) in [7, 11) is 0. The molecule has 2 spiro atoms. The van der Waals surface area contributed by atoms with E-state index in [-0.39, 0.29) is 0 Å². The van der Waals surface area contributed by atoms with Crippen LogP contribution in [-0.4, -0.2) is 0 Å². The second-order valence-electron chi connectivity index (χ2n) is 23.0. The summed E-state index contributed by atoms with van der Waals surface area (Å²) in [5.74, 6) is 1.83. The van der Waals surface area contributed by atoms with Crippen LogP contribution in [0.1, 0.15) is 44.5 Å². The van der Waals surface area contributed by atoms with E-state index in [9.17, 15) is 0 Å². The Morgan fingerprint density at radius 1 is 0.214 bits per heavy atom. The van der Waals surface area contributed by atoms with Gasteiger partial charge in [0.25, 0.3) is 0 Å². The topological polar surface area (TPSA) is 12.5 Å². The number of nitrogens with zero attached hydrogens (tertiary/aromatic N) is 1. The normalized spacial score (nSPS) is 13.8. The van der Waals surface area contributed by atoms with Crippen LogP contribution >= 0.6 is 0 Å². The van der Waals surface area contributed by atoms with Crippen molar-refractivity contribution in [1.82, 2.24) is 0 Å². The number of benzene rings is 14. The second kappa shape index (κ2) is 17.8. The monoisotopic (exact) mass is 1070 g/mol. The molecule has 0 saturated heterocycles. The Morgan fingerprint density at radius 3 is 1.14 bits per heavy atom. The van der Waals surface area contributed by atoms with E-state index in [1.54, 1.807) is 0 Å². The summed E-state index contributed by atoms with van der Waals surface area (Å²) in [6, 6.07) is 115. The van der Waals surface area contributed by atoms with Crippen LogP contribution in [0.2, 0.25) is 0 Å². The zero-order valence-corrected chi connectivity index (χ0v) is 45.8. The lowest BCUT2D eigenvalue weighted by atomic mass is 9.65. The van der Waals surface area contributed by atoms with Crippen LogP contribution in [-0.2, 0) is 10.8 Å². The molecule has 1 heterocycles. The van der Waals surface area contributed by atoms with Gasteiger partial charge < -0.3 is 9.64 Å². The highest BCUT2D eigenvalue weighted by molar-refractivity contribution is 6.02. The summed E-state index contributed by atoms with van der Waals surface area (Å²) >= 11 is 0. The minimum Gasteiger partial charge on any atom is -0.455 e. The molecular weight excluding hydrogens is 1010 g/mol. The minimum atomic E-state index is -0.677. The van der Waals surface area contributed by atoms with Gasteiger partial charge in [-0.15, -0.1) is 0 Å². The predicted octanol–water partition coefficient (Wildman–Crippen LogP) is 21.3. The summed E-state index contributed by atoms with van der Waals surface area (Å²) in [4.78, 5) is 2.51. The summed E-state index contributed by atoms with van der Waals surface area (Å²) < 4.78 is 7.34. The highest BCUT2D eigenvalue weighted by Crippen LogP contribution is 2.66. The summed E-state index contributed by atoms with van der Waals surface area (Å²) in [5, 5.41) is 4.53. The van der Waals surface area contributed by atoms with Crippen molar-refractivity contribution in [1.29, 1.82) is 0 Å². The van der Waals surface area contributed by atoms with Crippen LogP contribution in [0.3, 0.4) is 0 Å². The van der Waals surface area contributed by atoms with Crippen molar-refractivity contribution in [2.24, 2.45) is 0 Å². The van der Waals surface area contributed by atoms with Crippen molar-refractivity contribution in [3.8, 4) is 78.3 Å². The van der Waals surface area contributed by atoms with Crippen LogP contribution in [0.15, 0.2) is 309 Å². The molecule has 4 aliphatic rings. The first-order valence-corrected chi connectivity index (χ1v) is 29.2. The van der Waals surface area contributed by atoms with Gasteiger partial charge in [0, 0.05) is 39.0 Å². The molecule has 2 nitrogen and oxygen atoms in total. The molecule has 0 saturated carbocycles. The lowest BCUT2D eigenvalue weighted by Crippen LogP contribution is -2.32. The third-order valence-electron chi connectivity index (χ3n) is 18.9. The standard InChI is InChI=1S/C82H51NO/c1-3-20-52(21-4-1)58-46-59(53-22-5-2-6-23-53)49-62(48-58)83(61-41-43-70-68-33-13-17-36-73(68)81(78(70)51-61)71-34-15-11-30-65(71)66-31-12-16-35-72(66)81)60-27-19-26-56(47-60)57-38-42-69-67-32-14-18-37-74(67)82(77(69)50-57)75-44-39-54-24-7-9-28-63(54)79(75)84-80-64-29-10-8-25-55(64)40-45-76(80)82/h1-51H. The van der Waals surface area contributed by atoms with Gasteiger partial charge in [-0.05, 0) is 159 Å². The summed E-state index contributed by atoms with van der Waals surface area (Å²) in [5.41, 5.74) is 26.7. The maximum Gasteiger partial charge on any atom is 0.140 e. The van der Waals surface area contributed by atoms with Gasteiger partial charge in [0.1, 0.15) is 11.5 Å². The van der Waals surface area contributed by atoms with E-state index in [2.05, 4.69) is 314 Å². The summed E-state index contributed by atoms with van der Waals surface area (Å²) in [6.07, 6.45) is 0. The molecule has 0 N–H and O–H groups in total. The molecule has 14 aromatic rings. The molecule has 18 rings (SSSR count). The third kappa shape index (κ3) is 6.45. The molecule has 0 unspecified atom stereocenters. The van der Waals surface area contributed by atoms with Gasteiger partial charge in [0.05, 0.1) is 10.8 Å². The number of hydrogen-bond donors (Lipinski definition) is 0. The average molecular weight is 1070 g/mol. The largest absolute Gasteiger partial charge is 0.455 e. The molecule has 3 aliphatic carbocycles. The fraction of sp³-hybridized carbons (Fsp3) is 0.0244. The van der Waals surface area contributed by atoms with E-state index < -0.39 is 10.8 Å². The molecule has 0 amide bonds. The second-order valence-corrected chi connectivity index (χ2v) is 23.0. The number of anilines is 3. The lowest BCUT2D eigenvalue weighted by molar-refractivity contribution is 0.447. The Kier molecular flexibility index (Phi) is 9.97. The van der Waals surface area contributed by atoms with E-state index in [0.29, 0.717) is 0 Å². The summed E-state index contributed by atoms with van der Waals surface area (Å²) in [6.45, 7) is 0. The zero-order chi connectivity index (χ0) is 55.1. The van der Waals surface area contributed by atoms with E-state index in [1.807, 2.05) is 0 Å². The first kappa shape index (κ1) is 46.9. The third-order valence-corrected chi connectivity index (χ3v) is 18.9. The molecule has 1 aliphatic heterocycles. The number of ether oxygens (including phenoxy) is 1. The predicted molar refractivity (Wildman–Crippen MR) is 346 cm³/mol. The van der Waals surface area contributed by atoms with Crippen molar-refractivity contribution in [2.45, 2.75) is 10.8 Å². The average Bonchev–Trinajstić information content (AvgIpc) is 1.50. The molecule has 14 aromatic carbocycles. The van der Waals surface area contributed by atoms with E-state index in [0.717, 1.165) is 94.6 Å². The molecule has 0 atom stereocenters. The van der Waals surface area contributed by atoms with Crippen molar-refractivity contribution in [3.05, 3.63) is 354 Å². The molecule has 390 valence electrons. The van der Waals surface area contributed by atoms with E-state index in [4.69, 9.17) is 4.74 Å². The Bertz CT molecular complexity index is 4870. The van der Waals surface area contributed by atoms with Crippen molar-refractivity contribution >= 4 is 38.6 Å². The first-order chi connectivity index (χ1) is 41.6. The van der Waals surface area contributed by atoms with Crippen LogP contribution in [0.25, 0.3) is 88.3 Å². The van der Waals surface area contributed by atoms with Crippen LogP contribution in [0.4, 0.5) is 17.1 Å². The molecule has 0 bridgehead atoms. The van der Waals surface area contributed by atoms with Crippen LogP contribution < -0.4 is 9.64 Å². The van der Waals surface area contributed by atoms with Crippen LogP contribution in [0, 0.1) is 0 Å². The maximum absolute atomic E-state index is 7.34. The van der Waals surface area contributed by atoms with Crippen molar-refractivity contribution < 1.29 is 4.74 Å². The van der Waals surface area contributed by atoms with Crippen molar-refractivity contribution in [2.75, 3.05) is 4.90 Å². The van der Waals surface area contributed by atoms with Gasteiger partial charge >= 0.3 is 0 Å². The molecule has 0 aromatic heterocycles. The molecule has 0 fully saturated rings. The molecule has 2 heteroatoms. The zero-order valence-electron chi connectivity index (χ0n) is 45.8. The van der Waals surface area contributed by atoms with Gasteiger partial charge in [-0.25, -0.2) is 0 Å². The minimum absolute atomic E-state index is 0.512. The number of fused-ring (bicyclic) bond motifs is 23. The highest BCUT2D eigenvalue weighted by Gasteiger charge is 2.53. The molecule has 0 radical (unpaired) electrons. The first-order valence-electron chi connectivity index (χ1n) is 29.2. The van der Waals surface area contributed by atoms with Crippen LogP contribution in [0.5, 0.6) is 11.5 Å². The van der Waals surface area contributed by atoms with Gasteiger partial charge in [0.15, 0.2) is 0 Å². The molecule has 84 heavy (non-hydrogen) atoms. The number of hydrogen-bond acceptors (Lipinski definition) is 2. The fourth-order valence-corrected chi connectivity index (χ4v) is 15.4. The Hall–Kier alpha value is -10.8. The number of rotatable bonds is 6. The fourth-order valence-electron chi connectivity index (χ4n) is 15.4. The molecular formula is C82H51NO. The van der Waals surface area contributed by atoms with Gasteiger partial charge in [-0.2, -0.15) is 0 Å². The smallest absolute Gasteiger partial charge is 0.140 e. The van der Waals surface area contributed by atoms with Crippen molar-refractivity contribution in [3.63, 3.8) is 0 Å². The highest BCUT2D eigenvalue weighted by atomic mass is 16.5. The SMILES string of the molecule is c1ccc(-c2cc(-c3ccccc3)cc(N(c3cccc(-c4ccc5c(c4)C4(c6ccccc6-5)c5ccc6ccccc6c5Oc5c4ccc4ccccc54)c3)c3ccc4c(c3)C3(c5ccccc5-c5ccccc53)c3ccccc3-4)c2)cc1. The van der Waals surface area contributed by atoms with Gasteiger partial charge in [-0.3, -0.25) is 0 Å². The maximum atomic E-state index is 7.34. The van der Waals surface area contributed by atoms with E-state index >= 15 is 0 Å². The lowest BCUT2D eigenvalue weighted by Gasteiger charge is -2.40. The quantitative estimate of drug-likeness (QED) is 0.165. The van der Waals surface area contributed by atoms with Gasteiger partial charge in [0.2, 0.25) is 0 Å².